The average Bonchev–Trinajstić information content (AvgIpc) is 2.51. The molecule has 2 saturated heterocycles. The fourth-order valence-electron chi connectivity index (χ4n) is 2.55. The lowest BCUT2D eigenvalue weighted by atomic mass is 9.98. The van der Waals surface area contributed by atoms with E-state index in [-0.39, 0.29) is 6.61 Å². The largest absolute Gasteiger partial charge is 0.387 e. The minimum Gasteiger partial charge on any atom is -0.387 e. The van der Waals surface area contributed by atoms with Gasteiger partial charge in [-0.15, -0.1) is 0 Å². The van der Waals surface area contributed by atoms with Gasteiger partial charge in [-0.3, -0.25) is 0 Å². The van der Waals surface area contributed by atoms with E-state index in [1.165, 1.54) is 7.11 Å². The van der Waals surface area contributed by atoms with Crippen LogP contribution < -0.4 is 0 Å². The molecule has 0 amide bonds. The first-order chi connectivity index (χ1) is 9.70. The Balaban J connectivity index is 1.74. The first kappa shape index (κ1) is 13.9. The topological polar surface area (TPSA) is 77.4 Å². The summed E-state index contributed by atoms with van der Waals surface area (Å²) in [4.78, 5) is 0. The average molecular weight is 282 g/mol. The summed E-state index contributed by atoms with van der Waals surface area (Å²) in [6.07, 6.45) is -4.76. The molecule has 6 atom stereocenters. The molecule has 6 heteroatoms. The molecule has 20 heavy (non-hydrogen) atoms. The van der Waals surface area contributed by atoms with Crippen LogP contribution in [-0.2, 0) is 18.9 Å². The zero-order valence-electron chi connectivity index (χ0n) is 11.1. The van der Waals surface area contributed by atoms with Crippen molar-refractivity contribution in [1.82, 2.24) is 0 Å². The highest BCUT2D eigenvalue weighted by Crippen LogP contribution is 2.33. The van der Waals surface area contributed by atoms with E-state index in [0.29, 0.717) is 0 Å². The van der Waals surface area contributed by atoms with E-state index in [1.807, 2.05) is 30.3 Å². The molecule has 110 valence electrons. The van der Waals surface area contributed by atoms with Crippen LogP contribution in [0.5, 0.6) is 0 Å². The number of ether oxygens (including phenoxy) is 4. The summed E-state index contributed by atoms with van der Waals surface area (Å²) in [6.45, 7) is 0.272. The molecule has 0 aromatic heterocycles. The smallest absolute Gasteiger partial charge is 0.186 e. The summed E-state index contributed by atoms with van der Waals surface area (Å²) in [5.41, 5.74) is 0.863. The first-order valence-corrected chi connectivity index (χ1v) is 6.57. The number of benzene rings is 1. The Bertz CT molecular complexity index is 437. The molecule has 0 saturated carbocycles. The fraction of sp³-hybridized carbons (Fsp3) is 0.571. The van der Waals surface area contributed by atoms with E-state index in [1.54, 1.807) is 0 Å². The second kappa shape index (κ2) is 5.77. The Hall–Kier alpha value is -1.02. The molecule has 0 radical (unpaired) electrons. The van der Waals surface area contributed by atoms with Crippen LogP contribution in [0.1, 0.15) is 11.9 Å². The molecule has 2 aliphatic heterocycles. The van der Waals surface area contributed by atoms with E-state index in [9.17, 15) is 10.2 Å². The van der Waals surface area contributed by atoms with Crippen molar-refractivity contribution < 1.29 is 29.2 Å². The third kappa shape index (κ3) is 2.46. The number of hydrogen-bond donors (Lipinski definition) is 2. The van der Waals surface area contributed by atoms with E-state index < -0.39 is 37.0 Å². The van der Waals surface area contributed by atoms with Gasteiger partial charge < -0.3 is 29.2 Å². The zero-order chi connectivity index (χ0) is 14.1. The Morgan fingerprint density at radius 3 is 2.55 bits per heavy atom. The molecule has 6 nitrogen and oxygen atoms in total. The molecular weight excluding hydrogens is 264 g/mol. The Morgan fingerprint density at radius 1 is 1.10 bits per heavy atom. The van der Waals surface area contributed by atoms with Gasteiger partial charge in [-0.05, 0) is 0 Å². The quantitative estimate of drug-likeness (QED) is 0.806. The van der Waals surface area contributed by atoms with Gasteiger partial charge in [0.25, 0.3) is 0 Å². The van der Waals surface area contributed by atoms with Crippen molar-refractivity contribution in [1.29, 1.82) is 0 Å². The normalized spacial score (nSPS) is 41.1. The van der Waals surface area contributed by atoms with Crippen LogP contribution in [0.4, 0.5) is 0 Å². The van der Waals surface area contributed by atoms with Crippen molar-refractivity contribution in [3.8, 4) is 0 Å². The van der Waals surface area contributed by atoms with E-state index >= 15 is 0 Å². The van der Waals surface area contributed by atoms with Crippen molar-refractivity contribution >= 4 is 0 Å². The SMILES string of the molecule is CO[C@@H]1O[C@H]2CO[C@@H](c3ccccc3)O[C@@H]2[C@@H](O)[C@@H]1O. The Kier molecular flexibility index (Phi) is 4.02. The van der Waals surface area contributed by atoms with E-state index in [4.69, 9.17) is 18.9 Å². The predicted octanol–water partition coefficient (Wildman–Crippen LogP) is 0.194. The molecule has 2 fully saturated rings. The van der Waals surface area contributed by atoms with Crippen molar-refractivity contribution in [2.45, 2.75) is 37.0 Å². The van der Waals surface area contributed by atoms with Crippen molar-refractivity contribution in [2.24, 2.45) is 0 Å². The molecule has 0 spiro atoms. The summed E-state index contributed by atoms with van der Waals surface area (Å²) in [5.74, 6) is 0. The van der Waals surface area contributed by atoms with Gasteiger partial charge in [-0.25, -0.2) is 0 Å². The molecule has 0 aliphatic carbocycles. The molecule has 3 rings (SSSR count). The number of rotatable bonds is 2. The van der Waals surface area contributed by atoms with Crippen molar-refractivity contribution in [3.63, 3.8) is 0 Å². The maximum Gasteiger partial charge on any atom is 0.186 e. The van der Waals surface area contributed by atoms with Crippen LogP contribution in [0.15, 0.2) is 30.3 Å². The van der Waals surface area contributed by atoms with Gasteiger partial charge in [0.2, 0.25) is 0 Å². The molecule has 2 N–H and O–H groups in total. The fourth-order valence-corrected chi connectivity index (χ4v) is 2.55. The summed E-state index contributed by atoms with van der Waals surface area (Å²) in [5, 5.41) is 20.1. The molecule has 0 unspecified atom stereocenters. The monoisotopic (exact) mass is 282 g/mol. The van der Waals surface area contributed by atoms with Gasteiger partial charge in [0.1, 0.15) is 24.4 Å². The molecule has 0 bridgehead atoms. The first-order valence-electron chi connectivity index (χ1n) is 6.57. The van der Waals surface area contributed by atoms with Crippen LogP contribution >= 0.6 is 0 Å². The Morgan fingerprint density at radius 2 is 1.85 bits per heavy atom. The highest BCUT2D eigenvalue weighted by atomic mass is 16.7. The standard InChI is InChI=1S/C14H18O6/c1-17-14-11(16)10(15)12-9(19-14)7-18-13(20-12)8-5-3-2-4-6-8/h2-6,9-16H,7H2,1H3/t9-,10-,11-,12-,13+,14+/m0/s1. The molecule has 1 aromatic carbocycles. The number of aliphatic hydroxyl groups excluding tert-OH is 2. The maximum atomic E-state index is 10.1. The predicted molar refractivity (Wildman–Crippen MR) is 67.7 cm³/mol. The lowest BCUT2D eigenvalue weighted by Crippen LogP contribution is -2.62. The summed E-state index contributed by atoms with van der Waals surface area (Å²) in [6, 6.07) is 9.45. The van der Waals surface area contributed by atoms with Gasteiger partial charge in [0.15, 0.2) is 12.6 Å². The highest BCUT2D eigenvalue weighted by molar-refractivity contribution is 5.16. The summed E-state index contributed by atoms with van der Waals surface area (Å²) >= 11 is 0. The molecule has 2 heterocycles. The number of hydrogen-bond acceptors (Lipinski definition) is 6. The number of fused-ring (bicyclic) bond motifs is 1. The lowest BCUT2D eigenvalue weighted by molar-refractivity contribution is -0.358. The van der Waals surface area contributed by atoms with Crippen LogP contribution in [0.2, 0.25) is 0 Å². The minimum atomic E-state index is -1.14. The third-order valence-corrected chi connectivity index (χ3v) is 3.64. The van der Waals surface area contributed by atoms with Crippen LogP contribution in [0, 0.1) is 0 Å². The van der Waals surface area contributed by atoms with Crippen molar-refractivity contribution in [2.75, 3.05) is 13.7 Å². The van der Waals surface area contributed by atoms with Gasteiger partial charge in [-0.1, -0.05) is 30.3 Å². The highest BCUT2D eigenvalue weighted by Gasteiger charge is 2.48. The zero-order valence-corrected chi connectivity index (χ0v) is 11.1. The van der Waals surface area contributed by atoms with Crippen LogP contribution in [0.25, 0.3) is 0 Å². The molecular formula is C14H18O6. The van der Waals surface area contributed by atoms with Gasteiger partial charge >= 0.3 is 0 Å². The Labute approximate surface area is 116 Å². The van der Waals surface area contributed by atoms with Gasteiger partial charge in [0.05, 0.1) is 6.61 Å². The second-order valence-corrected chi connectivity index (χ2v) is 4.94. The number of aliphatic hydroxyl groups is 2. The second-order valence-electron chi connectivity index (χ2n) is 4.94. The molecule has 2 aliphatic rings. The van der Waals surface area contributed by atoms with Crippen molar-refractivity contribution in [3.05, 3.63) is 35.9 Å². The van der Waals surface area contributed by atoms with Crippen LogP contribution in [0.3, 0.4) is 0 Å². The summed E-state index contributed by atoms with van der Waals surface area (Å²) < 4.78 is 21.9. The minimum absolute atomic E-state index is 0.272. The molecule has 1 aromatic rings. The number of methoxy groups -OCH3 is 1. The van der Waals surface area contributed by atoms with Gasteiger partial charge in [-0.2, -0.15) is 0 Å². The van der Waals surface area contributed by atoms with Crippen LogP contribution in [-0.4, -0.2) is 54.6 Å². The maximum absolute atomic E-state index is 10.1. The third-order valence-electron chi connectivity index (χ3n) is 3.64. The lowest BCUT2D eigenvalue weighted by Gasteiger charge is -2.45. The van der Waals surface area contributed by atoms with Gasteiger partial charge in [0, 0.05) is 12.7 Å². The van der Waals surface area contributed by atoms with E-state index in [0.717, 1.165) is 5.56 Å². The van der Waals surface area contributed by atoms with E-state index in [2.05, 4.69) is 0 Å². The summed E-state index contributed by atoms with van der Waals surface area (Å²) in [7, 11) is 1.41.